The molecular weight excluding hydrogens is 940 g/mol. The summed E-state index contributed by atoms with van der Waals surface area (Å²) in [5.74, 6) is -3.08. The number of rotatable bonds is 8. The van der Waals surface area contributed by atoms with Crippen LogP contribution in [-0.4, -0.2) is 143 Å². The van der Waals surface area contributed by atoms with Crippen LogP contribution < -0.4 is 9.08 Å². The van der Waals surface area contributed by atoms with Crippen LogP contribution in [0.5, 0.6) is 5.88 Å². The number of amides is 3. The quantitative estimate of drug-likeness (QED) is 0.123. The smallest absolute Gasteiger partial charge is 0.463 e. The number of alkyl halides is 3. The lowest BCUT2D eigenvalue weighted by Gasteiger charge is -2.41. The maximum Gasteiger partial charge on any atom is 0.534 e. The number of methoxy groups -OCH3 is 2. The molecule has 26 heteroatoms. The number of fused-ring (bicyclic) bond motifs is 2. The van der Waals surface area contributed by atoms with Crippen molar-refractivity contribution < 1.29 is 73.4 Å². The number of nitrogens with zero attached hydrogens (tertiary/aromatic N) is 9. The number of anilines is 1. The number of hydrogen-bond acceptors (Lipinski definition) is 19. The number of piperazine rings is 1. The van der Waals surface area contributed by atoms with E-state index in [0.29, 0.717) is 44.1 Å². The first-order valence-electron chi connectivity index (χ1n) is 21.3. The highest BCUT2D eigenvalue weighted by molar-refractivity contribution is 7.88. The van der Waals surface area contributed by atoms with Crippen LogP contribution in [0.2, 0.25) is 0 Å². The predicted molar refractivity (Wildman–Crippen MR) is 233 cm³/mol. The number of benzene rings is 1. The molecule has 22 nitrogen and oxygen atoms in total. The molecule has 3 aliphatic rings. The molecule has 0 unspecified atom stereocenters. The van der Waals surface area contributed by atoms with Crippen LogP contribution in [0.4, 0.5) is 33.4 Å². The van der Waals surface area contributed by atoms with Gasteiger partial charge in [-0.05, 0) is 59.9 Å². The first-order chi connectivity index (χ1) is 32.2. The van der Waals surface area contributed by atoms with Gasteiger partial charge in [-0.3, -0.25) is 0 Å². The van der Waals surface area contributed by atoms with E-state index >= 15 is 0 Å². The Balaban J connectivity index is 0.000000272. The third-order valence-corrected chi connectivity index (χ3v) is 11.1. The zero-order valence-electron chi connectivity index (χ0n) is 39.1. The third kappa shape index (κ3) is 13.8. The highest BCUT2D eigenvalue weighted by atomic mass is 32.2. The van der Waals surface area contributed by atoms with Crippen molar-refractivity contribution in [2.75, 3.05) is 51.8 Å². The summed E-state index contributed by atoms with van der Waals surface area (Å²) in [5, 5.41) is 9.50. The fraction of sp³-hybridized carbons (Fsp3) is 0.535. The average molecular weight is 992 g/mol. The number of ether oxygens (including phenoxy) is 5. The van der Waals surface area contributed by atoms with E-state index in [4.69, 9.17) is 18.9 Å². The molecule has 0 N–H and O–H groups in total. The van der Waals surface area contributed by atoms with Crippen LogP contribution >= 0.6 is 0 Å². The molecule has 374 valence electrons. The maximum atomic E-state index is 13.0. The molecule has 2 aromatic heterocycles. The van der Waals surface area contributed by atoms with Gasteiger partial charge in [0.05, 0.1) is 57.2 Å². The highest BCUT2D eigenvalue weighted by Crippen LogP contribution is 2.33. The van der Waals surface area contributed by atoms with Crippen LogP contribution in [0.25, 0.3) is 0 Å². The first-order valence-corrected chi connectivity index (χ1v) is 22.7. The Morgan fingerprint density at radius 2 is 1.26 bits per heavy atom. The Hall–Kier alpha value is -7.04. The average Bonchev–Trinajstić information content (AvgIpc) is 3.28. The minimum Gasteiger partial charge on any atom is -0.463 e. The monoisotopic (exact) mass is 991 g/mol. The van der Waals surface area contributed by atoms with Crippen molar-refractivity contribution in [3.05, 3.63) is 70.1 Å². The second-order valence-electron chi connectivity index (χ2n) is 17.5. The van der Waals surface area contributed by atoms with E-state index in [1.807, 2.05) is 35.2 Å². The van der Waals surface area contributed by atoms with Gasteiger partial charge >= 0.3 is 45.8 Å². The van der Waals surface area contributed by atoms with E-state index in [1.165, 1.54) is 12.0 Å². The summed E-state index contributed by atoms with van der Waals surface area (Å²) in [4.78, 5) is 84.7. The van der Waals surface area contributed by atoms with Gasteiger partial charge in [0, 0.05) is 43.9 Å². The maximum absolute atomic E-state index is 13.0. The van der Waals surface area contributed by atoms with Crippen molar-refractivity contribution in [1.29, 1.82) is 5.26 Å². The molecule has 1 fully saturated rings. The normalized spacial score (nSPS) is 16.1. The standard InChI is InChI=1S/C28H34N6O6.C15H18F3N3O7S/c1-28(2,3)40-26(36)33-13-11-21-22(17-33)30-23(25(35)38-4)31-24(21)32-14-15-34(20(16-32)10-12-29)27(37)39-18-19-8-6-5-7-9-19;1-14(2,3)27-13(23)21-6-5-8-9(7-21)19-10(12(22)26-4)20-11(8)28-29(24,25)15(16,17)18/h5-9,20H,10-11,13-18H2,1-4H3;5-7H2,1-4H3/t20-;/m0./s1. The van der Waals surface area contributed by atoms with Crippen molar-refractivity contribution in [3.63, 3.8) is 0 Å². The van der Waals surface area contributed by atoms with Gasteiger partial charge in [0.15, 0.2) is 0 Å². The number of carbonyl (C=O) groups is 5. The molecule has 3 aliphatic heterocycles. The van der Waals surface area contributed by atoms with Crippen LogP contribution in [0.1, 0.15) is 97.3 Å². The van der Waals surface area contributed by atoms with Gasteiger partial charge in [0.2, 0.25) is 17.5 Å². The fourth-order valence-corrected chi connectivity index (χ4v) is 7.43. The van der Waals surface area contributed by atoms with Crippen molar-refractivity contribution in [1.82, 2.24) is 34.6 Å². The number of esters is 2. The summed E-state index contributed by atoms with van der Waals surface area (Å²) in [6.07, 6.45) is -1.24. The van der Waals surface area contributed by atoms with Gasteiger partial charge in [-0.1, -0.05) is 30.3 Å². The zero-order chi connectivity index (χ0) is 51.1. The van der Waals surface area contributed by atoms with Crippen molar-refractivity contribution in [2.24, 2.45) is 0 Å². The van der Waals surface area contributed by atoms with Crippen molar-refractivity contribution in [2.45, 2.75) is 103 Å². The van der Waals surface area contributed by atoms with E-state index in [-0.39, 0.29) is 56.2 Å². The zero-order valence-corrected chi connectivity index (χ0v) is 39.9. The predicted octanol–water partition coefficient (Wildman–Crippen LogP) is 5.08. The Morgan fingerprint density at radius 3 is 1.77 bits per heavy atom. The molecule has 1 aromatic carbocycles. The van der Waals surface area contributed by atoms with E-state index in [9.17, 15) is 50.8 Å². The molecule has 6 rings (SSSR count). The third-order valence-electron chi connectivity index (χ3n) is 10.1. The molecule has 0 radical (unpaired) electrons. The number of nitriles is 1. The topological polar surface area (TPSA) is 263 Å². The molecule has 0 saturated carbocycles. The van der Waals surface area contributed by atoms with Crippen molar-refractivity contribution >= 4 is 46.2 Å². The lowest BCUT2D eigenvalue weighted by atomic mass is 10.0. The summed E-state index contributed by atoms with van der Waals surface area (Å²) in [6, 6.07) is 11.1. The molecule has 3 amide bonds. The summed E-state index contributed by atoms with van der Waals surface area (Å²) in [5.41, 5.74) is -5.08. The number of halogens is 3. The molecule has 1 saturated heterocycles. The Morgan fingerprint density at radius 1 is 0.739 bits per heavy atom. The van der Waals surface area contributed by atoms with Crippen molar-refractivity contribution in [3.8, 4) is 11.9 Å². The lowest BCUT2D eigenvalue weighted by molar-refractivity contribution is -0.0502. The van der Waals surface area contributed by atoms with Crippen LogP contribution in [0.3, 0.4) is 0 Å². The van der Waals surface area contributed by atoms with Gasteiger partial charge in [-0.15, -0.1) is 0 Å². The van der Waals surface area contributed by atoms with Gasteiger partial charge < -0.3 is 47.5 Å². The lowest BCUT2D eigenvalue weighted by Crippen LogP contribution is -2.56. The summed E-state index contributed by atoms with van der Waals surface area (Å²) >= 11 is 0. The highest BCUT2D eigenvalue weighted by Gasteiger charge is 2.49. The van der Waals surface area contributed by atoms with Gasteiger partial charge in [-0.25, -0.2) is 38.9 Å². The summed E-state index contributed by atoms with van der Waals surface area (Å²) < 4.78 is 90.5. The fourth-order valence-electron chi connectivity index (χ4n) is 6.99. The summed E-state index contributed by atoms with van der Waals surface area (Å²) in [7, 11) is -3.81. The minimum absolute atomic E-state index is 0.0225. The molecule has 69 heavy (non-hydrogen) atoms. The molecule has 5 heterocycles. The molecule has 0 spiro atoms. The van der Waals surface area contributed by atoms with E-state index in [0.717, 1.165) is 18.2 Å². The van der Waals surface area contributed by atoms with Crippen LogP contribution in [-0.2, 0) is 66.3 Å². The van der Waals surface area contributed by atoms with E-state index in [1.54, 1.807) is 51.3 Å². The molecular formula is C43H52F3N9O13S. The number of hydrogen-bond donors (Lipinski definition) is 0. The Bertz CT molecular complexity index is 2570. The van der Waals surface area contributed by atoms with Gasteiger partial charge in [0.25, 0.3) is 0 Å². The van der Waals surface area contributed by atoms with E-state index in [2.05, 4.69) is 34.9 Å². The first kappa shape index (κ1) is 52.9. The molecule has 0 aliphatic carbocycles. The van der Waals surface area contributed by atoms with E-state index < -0.39 is 74.8 Å². The Labute approximate surface area is 395 Å². The number of carbonyl (C=O) groups excluding carboxylic acids is 5. The van der Waals surface area contributed by atoms with Crippen LogP contribution in [0, 0.1) is 11.3 Å². The second-order valence-corrected chi connectivity index (χ2v) is 19.1. The molecule has 0 bridgehead atoms. The Kier molecular flexibility index (Phi) is 16.5. The largest absolute Gasteiger partial charge is 0.534 e. The molecule has 1 atom stereocenters. The number of aromatic nitrogens is 4. The van der Waals surface area contributed by atoms with Gasteiger partial charge in [-0.2, -0.15) is 31.8 Å². The summed E-state index contributed by atoms with van der Waals surface area (Å²) in [6.45, 7) is 11.7. The van der Waals surface area contributed by atoms with Crippen LogP contribution in [0.15, 0.2) is 30.3 Å². The molecule has 3 aromatic rings. The SMILES string of the molecule is COC(=O)c1nc2c(c(N3CCN(C(=O)OCc4ccccc4)[C@@H](CC#N)C3)n1)CCN(C(=O)OC(C)(C)C)C2.COC(=O)c1nc2c(c(OS(=O)(=O)C(F)(F)F)n1)CCN(C(=O)OC(C)(C)C)C2. The minimum atomic E-state index is -6.03. The second kappa shape index (κ2) is 21.5. The van der Waals surface area contributed by atoms with Gasteiger partial charge in [0.1, 0.15) is 23.6 Å².